The van der Waals surface area contributed by atoms with E-state index in [4.69, 9.17) is 4.55 Å². The van der Waals surface area contributed by atoms with Gasteiger partial charge in [-0.25, -0.2) is 0 Å². The molecule has 0 aliphatic heterocycles. The van der Waals surface area contributed by atoms with E-state index in [2.05, 4.69) is 15.4 Å². The van der Waals surface area contributed by atoms with Gasteiger partial charge in [0.25, 0.3) is 10.1 Å². The lowest BCUT2D eigenvalue weighted by Gasteiger charge is -2.02. The molecule has 0 bridgehead atoms. The fourth-order valence-electron chi connectivity index (χ4n) is 1.36. The molecule has 0 spiro atoms. The molecule has 3 N–H and O–H groups in total. The number of rotatable bonds is 2. The second kappa shape index (κ2) is 3.25. The summed E-state index contributed by atoms with van der Waals surface area (Å²) in [4.78, 5) is 9.87. The smallest absolute Gasteiger partial charge is 0.296 e. The van der Waals surface area contributed by atoms with Crippen molar-refractivity contribution in [1.29, 1.82) is 0 Å². The van der Waals surface area contributed by atoms with Gasteiger partial charge in [-0.3, -0.25) is 9.65 Å². The highest BCUT2D eigenvalue weighted by atomic mass is 32.2. The van der Waals surface area contributed by atoms with E-state index in [0.717, 1.165) is 12.3 Å². The maximum Gasteiger partial charge on any atom is 0.296 e. The number of hydrogen-bond acceptors (Lipinski definition) is 6. The molecule has 0 aliphatic carbocycles. The van der Waals surface area contributed by atoms with Gasteiger partial charge in [-0.1, -0.05) is 0 Å². The Kier molecular flexibility index (Phi) is 2.14. The predicted molar refractivity (Wildman–Crippen MR) is 53.0 cm³/mol. The quantitative estimate of drug-likeness (QED) is 0.530. The van der Waals surface area contributed by atoms with E-state index in [0.29, 0.717) is 0 Å². The van der Waals surface area contributed by atoms with Crippen molar-refractivity contribution in [1.82, 2.24) is 10.2 Å². The Morgan fingerprint density at radius 3 is 2.69 bits per heavy atom. The first-order valence-corrected chi connectivity index (χ1v) is 5.39. The number of nitrogens with one attached hydrogen (secondary N) is 1. The molecule has 84 valence electrons. The van der Waals surface area contributed by atoms with Crippen LogP contribution >= 0.6 is 0 Å². The maximum absolute atomic E-state index is 11.0. The number of H-pyrrole nitrogens is 1. The molecule has 8 nitrogen and oxygen atoms in total. The first kappa shape index (κ1) is 10.5. The molecule has 0 unspecified atom stereocenters. The Hall–Kier alpha value is -2.00. The average Bonchev–Trinajstić information content (AvgIpc) is 2.63. The highest BCUT2D eigenvalue weighted by Gasteiger charge is 2.21. The normalized spacial score (nSPS) is 11.8. The molecule has 0 aliphatic rings. The lowest BCUT2D eigenvalue weighted by atomic mass is 10.2. The maximum atomic E-state index is 11.0. The molecule has 1 heterocycles. The zero-order chi connectivity index (χ0) is 11.9. The van der Waals surface area contributed by atoms with E-state index in [1.165, 1.54) is 0 Å². The summed E-state index contributed by atoms with van der Waals surface area (Å²) in [5.74, 6) is -0.642. The van der Waals surface area contributed by atoms with E-state index in [9.17, 15) is 18.4 Å². The second-order valence-electron chi connectivity index (χ2n) is 2.97. The van der Waals surface area contributed by atoms with Crippen LogP contribution < -0.4 is 0 Å². The number of phenols is 1. The highest BCUT2D eigenvalue weighted by molar-refractivity contribution is 7.86. The van der Waals surface area contributed by atoms with E-state index in [1.807, 2.05) is 0 Å². The fourth-order valence-corrected chi connectivity index (χ4v) is 2.03. The van der Waals surface area contributed by atoms with Crippen LogP contribution in [0.4, 0.5) is 5.69 Å². The van der Waals surface area contributed by atoms with Gasteiger partial charge in [-0.2, -0.15) is 13.5 Å². The number of benzene rings is 1. The van der Waals surface area contributed by atoms with E-state index >= 15 is 0 Å². The van der Waals surface area contributed by atoms with Crippen LogP contribution in [-0.4, -0.2) is 28.3 Å². The average molecular weight is 243 g/mol. The first-order valence-electron chi connectivity index (χ1n) is 3.95. The Morgan fingerprint density at radius 1 is 1.44 bits per heavy atom. The van der Waals surface area contributed by atoms with Crippen molar-refractivity contribution in [3.05, 3.63) is 17.2 Å². The van der Waals surface area contributed by atoms with Crippen LogP contribution in [0.2, 0.25) is 0 Å². The van der Waals surface area contributed by atoms with Crippen molar-refractivity contribution < 1.29 is 18.1 Å². The Bertz CT molecular complexity index is 675. The molecule has 0 saturated carbocycles. The van der Waals surface area contributed by atoms with Gasteiger partial charge in [0.1, 0.15) is 10.6 Å². The van der Waals surface area contributed by atoms with Gasteiger partial charge in [0.15, 0.2) is 5.69 Å². The van der Waals surface area contributed by atoms with Gasteiger partial charge in [-0.15, -0.1) is 4.91 Å². The molecule has 0 amide bonds. The van der Waals surface area contributed by atoms with Gasteiger partial charge in [0.05, 0.1) is 17.1 Å². The zero-order valence-electron chi connectivity index (χ0n) is 7.58. The minimum absolute atomic E-state index is 0.0163. The third-order valence-corrected chi connectivity index (χ3v) is 2.90. The summed E-state index contributed by atoms with van der Waals surface area (Å²) in [5.41, 5.74) is -0.425. The van der Waals surface area contributed by atoms with Crippen molar-refractivity contribution >= 4 is 26.7 Å². The summed E-state index contributed by atoms with van der Waals surface area (Å²) in [6.07, 6.45) is 1.13. The van der Waals surface area contributed by atoms with Crippen LogP contribution in [0, 0.1) is 4.91 Å². The minimum atomic E-state index is -4.52. The number of aromatic hydroxyl groups is 1. The first-order chi connectivity index (χ1) is 7.45. The van der Waals surface area contributed by atoms with Crippen LogP contribution in [0.15, 0.2) is 22.3 Å². The number of fused-ring (bicyclic) bond motifs is 1. The van der Waals surface area contributed by atoms with Gasteiger partial charge in [0, 0.05) is 6.07 Å². The molecular formula is C7H5N3O5S. The lowest BCUT2D eigenvalue weighted by molar-refractivity contribution is 0.469. The van der Waals surface area contributed by atoms with E-state index < -0.39 is 20.8 Å². The molecule has 0 radical (unpaired) electrons. The van der Waals surface area contributed by atoms with Crippen LogP contribution in [0.25, 0.3) is 10.9 Å². The second-order valence-corrected chi connectivity index (χ2v) is 4.36. The molecule has 16 heavy (non-hydrogen) atoms. The molecular weight excluding hydrogens is 238 g/mol. The van der Waals surface area contributed by atoms with Gasteiger partial charge < -0.3 is 5.11 Å². The summed E-state index contributed by atoms with van der Waals surface area (Å²) in [6, 6.07) is 0.729. The van der Waals surface area contributed by atoms with Crippen molar-refractivity contribution in [2.45, 2.75) is 4.90 Å². The minimum Gasteiger partial charge on any atom is -0.505 e. The van der Waals surface area contributed by atoms with Crippen LogP contribution in [0.5, 0.6) is 5.75 Å². The van der Waals surface area contributed by atoms with Gasteiger partial charge >= 0.3 is 0 Å². The molecule has 2 rings (SSSR count). The number of nitrogens with zero attached hydrogens (tertiary/aromatic N) is 2. The van der Waals surface area contributed by atoms with Gasteiger partial charge in [-0.05, 0) is 5.18 Å². The third kappa shape index (κ3) is 1.42. The molecule has 2 aromatic rings. The lowest BCUT2D eigenvalue weighted by Crippen LogP contribution is -1.99. The predicted octanol–water partition coefficient (Wildman–Crippen LogP) is 0.913. The van der Waals surface area contributed by atoms with Crippen LogP contribution in [-0.2, 0) is 10.1 Å². The van der Waals surface area contributed by atoms with E-state index in [-0.39, 0.29) is 16.6 Å². The summed E-state index contributed by atoms with van der Waals surface area (Å²) in [6.45, 7) is 0. The largest absolute Gasteiger partial charge is 0.505 e. The molecule has 0 saturated heterocycles. The highest BCUT2D eigenvalue weighted by Crippen LogP contribution is 2.37. The topological polar surface area (TPSA) is 133 Å². The number of aromatic amines is 1. The van der Waals surface area contributed by atoms with Crippen LogP contribution in [0.1, 0.15) is 0 Å². The Morgan fingerprint density at radius 2 is 2.12 bits per heavy atom. The van der Waals surface area contributed by atoms with Crippen molar-refractivity contribution in [3.63, 3.8) is 0 Å². The number of phenolic OH excluding ortho intramolecular Hbond substituents is 1. The number of nitroso groups, excluding NO2 is 1. The molecule has 1 aromatic carbocycles. The molecule has 0 fully saturated rings. The number of aromatic nitrogens is 2. The van der Waals surface area contributed by atoms with Crippen molar-refractivity contribution in [2.24, 2.45) is 5.18 Å². The standard InChI is InChI=1S/C7H5N3O5S/c11-4-1-5(16(13,14)15)7-3(2-8-9-7)6(4)10-12/h1-2,11H,(H,8,9)(H,13,14,15). The molecule has 1 aromatic heterocycles. The number of hydrogen-bond donors (Lipinski definition) is 3. The van der Waals surface area contributed by atoms with Crippen LogP contribution in [0.3, 0.4) is 0 Å². The van der Waals surface area contributed by atoms with Crippen molar-refractivity contribution in [3.8, 4) is 5.75 Å². The summed E-state index contributed by atoms with van der Waals surface area (Å²) < 4.78 is 30.9. The Balaban J connectivity index is 3.00. The third-order valence-electron chi connectivity index (χ3n) is 2.02. The summed E-state index contributed by atoms with van der Waals surface area (Å²) in [5, 5.41) is 17.7. The zero-order valence-corrected chi connectivity index (χ0v) is 8.39. The SMILES string of the molecule is O=Nc1c(O)cc(S(=O)(=O)O)c2[nH]ncc12. The fraction of sp³-hybridized carbons (Fsp3) is 0. The molecule has 9 heteroatoms. The summed E-state index contributed by atoms with van der Waals surface area (Å²) >= 11 is 0. The van der Waals surface area contributed by atoms with Gasteiger partial charge in [0.2, 0.25) is 0 Å². The molecule has 0 atom stereocenters. The Labute approximate surface area is 88.6 Å². The summed E-state index contributed by atoms with van der Waals surface area (Å²) in [7, 11) is -4.52. The van der Waals surface area contributed by atoms with Crippen molar-refractivity contribution in [2.75, 3.05) is 0 Å². The monoisotopic (exact) mass is 243 g/mol. The van der Waals surface area contributed by atoms with E-state index in [1.54, 1.807) is 0 Å².